The lowest BCUT2D eigenvalue weighted by Crippen LogP contribution is -2.08. The number of anilines is 1. The Labute approximate surface area is 189 Å². The van der Waals surface area contributed by atoms with Crippen LogP contribution in [0.25, 0.3) is 21.9 Å². The Kier molecular flexibility index (Phi) is 7.02. The van der Waals surface area contributed by atoms with E-state index in [-0.39, 0.29) is 0 Å². The van der Waals surface area contributed by atoms with Crippen molar-refractivity contribution in [1.82, 2.24) is 19.9 Å². The van der Waals surface area contributed by atoms with Crippen molar-refractivity contribution < 1.29 is 4.74 Å². The summed E-state index contributed by atoms with van der Waals surface area (Å²) in [7, 11) is 3.68. The summed E-state index contributed by atoms with van der Waals surface area (Å²) in [4.78, 5) is 9.62. The Morgan fingerprint density at radius 3 is 2.47 bits per heavy atom. The van der Waals surface area contributed by atoms with Crippen LogP contribution in [0.1, 0.15) is 42.3 Å². The number of rotatable bonds is 10. The molecule has 0 bridgehead atoms. The highest BCUT2D eigenvalue weighted by atomic mass is 16.5. The third-order valence-corrected chi connectivity index (χ3v) is 5.94. The smallest absolute Gasteiger partial charge is 0.152 e. The Morgan fingerprint density at radius 1 is 1.00 bits per heavy atom. The molecule has 2 heterocycles. The average Bonchev–Trinajstić information content (AvgIpc) is 3.17. The summed E-state index contributed by atoms with van der Waals surface area (Å²) >= 11 is 0. The van der Waals surface area contributed by atoms with E-state index in [0.29, 0.717) is 12.4 Å². The Bertz CT molecular complexity index is 1200. The molecule has 6 heteroatoms. The van der Waals surface area contributed by atoms with E-state index in [4.69, 9.17) is 15.5 Å². The van der Waals surface area contributed by atoms with Gasteiger partial charge in [0.1, 0.15) is 11.3 Å². The number of nitrogen functional groups attached to an aromatic ring is 1. The van der Waals surface area contributed by atoms with Gasteiger partial charge in [0, 0.05) is 32.0 Å². The van der Waals surface area contributed by atoms with Crippen molar-refractivity contribution in [2.75, 3.05) is 19.9 Å². The highest BCUT2D eigenvalue weighted by Crippen LogP contribution is 2.30. The van der Waals surface area contributed by atoms with Crippen molar-refractivity contribution in [3.8, 4) is 0 Å². The van der Waals surface area contributed by atoms with Gasteiger partial charge in [-0.1, -0.05) is 49.7 Å². The van der Waals surface area contributed by atoms with E-state index in [1.54, 1.807) is 7.11 Å². The zero-order chi connectivity index (χ0) is 22.5. The molecule has 0 saturated carbocycles. The quantitative estimate of drug-likeness (QED) is 0.383. The van der Waals surface area contributed by atoms with E-state index < -0.39 is 0 Å². The predicted octanol–water partition coefficient (Wildman–Crippen LogP) is 4.62. The summed E-state index contributed by atoms with van der Waals surface area (Å²) in [5.74, 6) is 1.59. The first-order valence-corrected chi connectivity index (χ1v) is 11.4. The summed E-state index contributed by atoms with van der Waals surface area (Å²) < 4.78 is 7.66. The molecule has 2 aromatic heterocycles. The standard InChI is InChI=1S/C26H33N5O/c1-4-5-6-23-30-24-25(21-12-11-20(17-32-3)15-22(21)29-26(24)27)31(23)14-13-18-7-9-19(10-8-18)16-28-2/h7-12,15,28H,4-6,13-14,16-17H2,1-3H3,(H2,27,29). The maximum absolute atomic E-state index is 6.39. The van der Waals surface area contributed by atoms with E-state index >= 15 is 0 Å². The summed E-state index contributed by atoms with van der Waals surface area (Å²) in [5.41, 5.74) is 12.9. The van der Waals surface area contributed by atoms with E-state index in [9.17, 15) is 0 Å². The molecule has 2 aromatic carbocycles. The molecule has 0 unspecified atom stereocenters. The molecule has 0 spiro atoms. The van der Waals surface area contributed by atoms with Gasteiger partial charge in [0.05, 0.1) is 17.6 Å². The van der Waals surface area contributed by atoms with E-state index in [1.807, 2.05) is 7.05 Å². The number of unbranched alkanes of at least 4 members (excludes halogenated alkanes) is 1. The van der Waals surface area contributed by atoms with Crippen molar-refractivity contribution >= 4 is 27.8 Å². The first-order chi connectivity index (χ1) is 15.6. The largest absolute Gasteiger partial charge is 0.382 e. The average molecular weight is 432 g/mol. The molecule has 168 valence electrons. The molecule has 0 fully saturated rings. The van der Waals surface area contributed by atoms with Crippen LogP contribution in [0.15, 0.2) is 42.5 Å². The summed E-state index contributed by atoms with van der Waals surface area (Å²) in [6, 6.07) is 15.2. The molecule has 0 saturated heterocycles. The number of nitrogens with one attached hydrogen (secondary N) is 1. The zero-order valence-corrected chi connectivity index (χ0v) is 19.3. The van der Waals surface area contributed by atoms with Gasteiger partial charge in [-0.3, -0.25) is 0 Å². The molecule has 0 aliphatic rings. The topological polar surface area (TPSA) is 78.0 Å². The number of nitrogens with zero attached hydrogens (tertiary/aromatic N) is 3. The van der Waals surface area contributed by atoms with Crippen LogP contribution in [0.2, 0.25) is 0 Å². The summed E-state index contributed by atoms with van der Waals surface area (Å²) in [6.07, 6.45) is 4.11. The van der Waals surface area contributed by atoms with Gasteiger partial charge in [0.25, 0.3) is 0 Å². The molecule has 0 aliphatic carbocycles. The van der Waals surface area contributed by atoms with Crippen LogP contribution in [0.5, 0.6) is 0 Å². The fourth-order valence-corrected chi connectivity index (χ4v) is 4.30. The number of ether oxygens (including phenoxy) is 1. The second-order valence-corrected chi connectivity index (χ2v) is 8.36. The lowest BCUT2D eigenvalue weighted by molar-refractivity contribution is 0.185. The molecule has 4 aromatic rings. The van der Waals surface area contributed by atoms with Gasteiger partial charge in [-0.25, -0.2) is 9.97 Å². The number of benzene rings is 2. The highest BCUT2D eigenvalue weighted by Gasteiger charge is 2.17. The molecule has 0 atom stereocenters. The number of hydrogen-bond donors (Lipinski definition) is 2. The van der Waals surface area contributed by atoms with Gasteiger partial charge in [-0.2, -0.15) is 0 Å². The second kappa shape index (κ2) is 10.1. The minimum absolute atomic E-state index is 0.495. The number of pyridine rings is 1. The number of fused-ring (bicyclic) bond motifs is 3. The van der Waals surface area contributed by atoms with Crippen LogP contribution < -0.4 is 11.1 Å². The lowest BCUT2D eigenvalue weighted by atomic mass is 10.1. The van der Waals surface area contributed by atoms with Crippen LogP contribution >= 0.6 is 0 Å². The van der Waals surface area contributed by atoms with Crippen molar-refractivity contribution in [2.45, 2.75) is 52.3 Å². The fourth-order valence-electron chi connectivity index (χ4n) is 4.30. The van der Waals surface area contributed by atoms with Crippen molar-refractivity contribution in [3.63, 3.8) is 0 Å². The van der Waals surface area contributed by atoms with Crippen molar-refractivity contribution in [3.05, 3.63) is 65.0 Å². The van der Waals surface area contributed by atoms with Crippen LogP contribution in [-0.2, 0) is 37.3 Å². The predicted molar refractivity (Wildman–Crippen MR) is 132 cm³/mol. The van der Waals surface area contributed by atoms with Crippen LogP contribution in [0.4, 0.5) is 5.82 Å². The van der Waals surface area contributed by atoms with E-state index in [1.165, 1.54) is 11.1 Å². The monoisotopic (exact) mass is 431 g/mol. The second-order valence-electron chi connectivity index (χ2n) is 8.36. The van der Waals surface area contributed by atoms with E-state index in [2.05, 4.69) is 64.3 Å². The number of nitrogens with two attached hydrogens (primary N) is 1. The van der Waals surface area contributed by atoms with Gasteiger partial charge in [0.2, 0.25) is 0 Å². The van der Waals surface area contributed by atoms with Gasteiger partial charge in [-0.15, -0.1) is 0 Å². The number of aromatic nitrogens is 3. The SMILES string of the molecule is CCCCc1nc2c(N)nc3cc(COC)ccc3c2n1CCc1ccc(CNC)cc1. The lowest BCUT2D eigenvalue weighted by Gasteiger charge is -2.12. The van der Waals surface area contributed by atoms with Gasteiger partial charge in [-0.05, 0) is 42.6 Å². The van der Waals surface area contributed by atoms with Gasteiger partial charge >= 0.3 is 0 Å². The number of methoxy groups -OCH3 is 1. The summed E-state index contributed by atoms with van der Waals surface area (Å²) in [6.45, 7) is 4.51. The normalized spacial score (nSPS) is 11.6. The van der Waals surface area contributed by atoms with Gasteiger partial charge < -0.3 is 20.4 Å². The number of hydrogen-bond acceptors (Lipinski definition) is 5. The van der Waals surface area contributed by atoms with Crippen LogP contribution in [0.3, 0.4) is 0 Å². The molecule has 0 radical (unpaired) electrons. The maximum Gasteiger partial charge on any atom is 0.152 e. The molecule has 0 amide bonds. The number of imidazole rings is 1. The third kappa shape index (κ3) is 4.61. The Morgan fingerprint density at radius 2 is 1.75 bits per heavy atom. The van der Waals surface area contributed by atoms with Crippen molar-refractivity contribution in [2.24, 2.45) is 0 Å². The Hall–Kier alpha value is -2.96. The molecule has 3 N–H and O–H groups in total. The molecular weight excluding hydrogens is 398 g/mol. The minimum atomic E-state index is 0.495. The zero-order valence-electron chi connectivity index (χ0n) is 19.3. The first kappa shape index (κ1) is 22.2. The third-order valence-electron chi connectivity index (χ3n) is 5.94. The summed E-state index contributed by atoms with van der Waals surface area (Å²) in [5, 5.41) is 4.29. The van der Waals surface area contributed by atoms with Gasteiger partial charge in [0.15, 0.2) is 5.82 Å². The first-order valence-electron chi connectivity index (χ1n) is 11.4. The molecule has 6 nitrogen and oxygen atoms in total. The molecule has 0 aliphatic heterocycles. The molecule has 4 rings (SSSR count). The van der Waals surface area contributed by atoms with E-state index in [0.717, 1.165) is 72.1 Å². The molecule has 32 heavy (non-hydrogen) atoms. The Balaban J connectivity index is 1.75. The van der Waals surface area contributed by atoms with Crippen LogP contribution in [0, 0.1) is 0 Å². The number of aryl methyl sites for hydroxylation is 3. The molecular formula is C26H33N5O. The maximum atomic E-state index is 6.39. The fraction of sp³-hybridized carbons (Fsp3) is 0.385. The van der Waals surface area contributed by atoms with Crippen LogP contribution in [-0.4, -0.2) is 28.7 Å². The van der Waals surface area contributed by atoms with Crippen molar-refractivity contribution in [1.29, 1.82) is 0 Å². The minimum Gasteiger partial charge on any atom is -0.382 e. The highest BCUT2D eigenvalue weighted by molar-refractivity contribution is 6.06.